The van der Waals surface area contributed by atoms with Gasteiger partial charge in [0.15, 0.2) is 0 Å². The molecule has 56 heavy (non-hydrogen) atoms. The number of rotatable bonds is 8. The number of aromatic nitrogens is 4. The average Bonchev–Trinajstić information content (AvgIpc) is 4.19. The minimum atomic E-state index is -0.445. The van der Waals surface area contributed by atoms with Crippen LogP contribution in [-0.4, -0.2) is 55.2 Å². The largest absolute Gasteiger partial charge is 0.388 e. The summed E-state index contributed by atoms with van der Waals surface area (Å²) in [4.78, 5) is 13.3. The van der Waals surface area contributed by atoms with Crippen LogP contribution in [0.15, 0.2) is 98.1 Å². The highest BCUT2D eigenvalue weighted by atomic mass is 16.3. The first kappa shape index (κ1) is 36.0. The van der Waals surface area contributed by atoms with Crippen LogP contribution in [0.5, 0.6) is 0 Å². The Morgan fingerprint density at radius 3 is 1.25 bits per heavy atom. The average molecular weight is 745 g/mol. The number of nitrogens with zero attached hydrogens (tertiary/aromatic N) is 8. The van der Waals surface area contributed by atoms with Gasteiger partial charge in [0, 0.05) is 61.1 Å². The van der Waals surface area contributed by atoms with Crippen LogP contribution in [0, 0.1) is 34.5 Å². The highest BCUT2D eigenvalue weighted by Crippen LogP contribution is 2.47. The number of nitriles is 2. The summed E-state index contributed by atoms with van der Waals surface area (Å²) >= 11 is 0. The van der Waals surface area contributed by atoms with Crippen LogP contribution >= 0.6 is 0 Å². The number of piperidine rings is 2. The fourth-order valence-electron chi connectivity index (χ4n) is 9.12. The Morgan fingerprint density at radius 2 is 0.911 bits per heavy atom. The van der Waals surface area contributed by atoms with Crippen molar-refractivity contribution < 1.29 is 10.2 Å². The molecule has 2 N–H and O–H groups in total. The number of benzene rings is 2. The van der Waals surface area contributed by atoms with Crippen molar-refractivity contribution in [1.29, 1.82) is 10.5 Å². The Balaban J connectivity index is 0.000000146. The molecular formula is C46H48N8O2. The van der Waals surface area contributed by atoms with E-state index in [1.54, 1.807) is 0 Å². The van der Waals surface area contributed by atoms with Crippen LogP contribution < -0.4 is 9.80 Å². The zero-order chi connectivity index (χ0) is 38.2. The predicted octanol–water partition coefficient (Wildman–Crippen LogP) is 8.07. The van der Waals surface area contributed by atoms with Crippen molar-refractivity contribution in [3.63, 3.8) is 0 Å². The molecule has 2 aliphatic heterocycles. The van der Waals surface area contributed by atoms with Crippen LogP contribution in [0.3, 0.4) is 0 Å². The summed E-state index contributed by atoms with van der Waals surface area (Å²) in [5.41, 5.74) is 10.6. The molecule has 2 atom stereocenters. The van der Waals surface area contributed by atoms with E-state index in [1.807, 2.05) is 82.4 Å². The van der Waals surface area contributed by atoms with Gasteiger partial charge >= 0.3 is 0 Å². The quantitative estimate of drug-likeness (QED) is 0.160. The first-order valence-corrected chi connectivity index (χ1v) is 20.2. The second kappa shape index (κ2) is 15.5. The van der Waals surface area contributed by atoms with Crippen LogP contribution in [0.4, 0.5) is 11.4 Å². The predicted molar refractivity (Wildman–Crippen MR) is 216 cm³/mol. The Hall–Kier alpha value is -5.68. The highest BCUT2D eigenvalue weighted by molar-refractivity contribution is 5.61. The van der Waals surface area contributed by atoms with Gasteiger partial charge in [-0.05, 0) is 147 Å². The second-order valence-electron chi connectivity index (χ2n) is 16.1. The van der Waals surface area contributed by atoms with Crippen LogP contribution in [0.25, 0.3) is 11.0 Å². The van der Waals surface area contributed by atoms with Gasteiger partial charge in [0.25, 0.3) is 0 Å². The maximum atomic E-state index is 11.3. The van der Waals surface area contributed by atoms with Crippen LogP contribution in [0.2, 0.25) is 0 Å². The summed E-state index contributed by atoms with van der Waals surface area (Å²) in [7, 11) is 0. The molecular weight excluding hydrogens is 697 g/mol. The van der Waals surface area contributed by atoms with E-state index in [4.69, 9.17) is 10.5 Å². The number of hydrogen-bond donors (Lipinski definition) is 2. The molecule has 2 aliphatic carbocycles. The van der Waals surface area contributed by atoms with E-state index < -0.39 is 12.2 Å². The van der Waals surface area contributed by atoms with Crippen molar-refractivity contribution in [2.45, 2.75) is 75.4 Å². The van der Waals surface area contributed by atoms with Gasteiger partial charge in [0.05, 0.1) is 71.6 Å². The van der Waals surface area contributed by atoms with E-state index in [1.165, 1.54) is 36.8 Å². The number of imidazole rings is 2. The Labute approximate surface area is 327 Å². The molecule has 0 unspecified atom stereocenters. The maximum absolute atomic E-state index is 11.3. The molecule has 4 fully saturated rings. The lowest BCUT2D eigenvalue weighted by molar-refractivity contribution is 0.0929. The number of fused-ring (bicyclic) bond motifs is 2. The summed E-state index contributed by atoms with van der Waals surface area (Å²) in [6, 6.07) is 24.3. The lowest BCUT2D eigenvalue weighted by Crippen LogP contribution is -2.35. The fourth-order valence-corrected chi connectivity index (χ4v) is 9.12. The summed E-state index contributed by atoms with van der Waals surface area (Å²) < 4.78 is 4.05. The lowest BCUT2D eigenvalue weighted by atomic mass is 9.84. The molecule has 6 heterocycles. The topological polar surface area (TPSA) is 129 Å². The Kier molecular flexibility index (Phi) is 9.93. The van der Waals surface area contributed by atoms with E-state index in [9.17, 15) is 10.2 Å². The summed E-state index contributed by atoms with van der Waals surface area (Å²) in [5.74, 6) is 1.72. The Bertz CT molecular complexity index is 2210. The van der Waals surface area contributed by atoms with Crippen LogP contribution in [0.1, 0.15) is 109 Å². The van der Waals surface area contributed by atoms with Crippen molar-refractivity contribution in [2.75, 3.05) is 36.0 Å². The number of hydrogen-bond acceptors (Lipinski definition) is 8. The van der Waals surface area contributed by atoms with E-state index in [2.05, 4.69) is 56.4 Å². The molecule has 2 saturated heterocycles. The monoisotopic (exact) mass is 744 g/mol. The third-order valence-electron chi connectivity index (χ3n) is 12.7. The normalized spacial score (nSPS) is 18.9. The van der Waals surface area contributed by atoms with E-state index in [0.29, 0.717) is 23.0 Å². The standard InChI is InChI=1S/2C23H24N4O/c2*24-13-16-1-5-19(6-2-16)26-10-7-18(8-11-26)23(28)22-20(17-3-4-17)9-12-27-15-25-14-21(22)27/h2*1-2,5-6,9,12,14-15,17-18,23,28H,3-4,7-8,10-11H2/t2*23-/m10/s1. The molecule has 10 nitrogen and oxygen atoms in total. The van der Waals surface area contributed by atoms with Crippen molar-refractivity contribution in [2.24, 2.45) is 11.8 Å². The lowest BCUT2D eigenvalue weighted by Gasteiger charge is -2.36. The SMILES string of the molecule is N#Cc1ccc(N2CCC([C@@H](O)c3c(C4CC4)ccn4cncc34)CC2)cc1.N#Cc1ccc(N2CCC([C@H](O)c3c(C4CC4)ccn4cncc34)CC2)cc1. The van der Waals surface area contributed by atoms with E-state index >= 15 is 0 Å². The van der Waals surface area contributed by atoms with Crippen LogP contribution in [-0.2, 0) is 0 Å². The molecule has 4 aromatic heterocycles. The highest BCUT2D eigenvalue weighted by Gasteiger charge is 2.35. The van der Waals surface area contributed by atoms with Crippen molar-refractivity contribution in [1.82, 2.24) is 18.8 Å². The number of anilines is 2. The van der Waals surface area contributed by atoms with Gasteiger partial charge in [0.1, 0.15) is 0 Å². The first-order chi connectivity index (χ1) is 27.5. The van der Waals surface area contributed by atoms with Gasteiger partial charge in [-0.25, -0.2) is 9.97 Å². The fraction of sp³-hybridized carbons (Fsp3) is 0.391. The smallest absolute Gasteiger partial charge is 0.0992 e. The van der Waals surface area contributed by atoms with E-state index in [-0.39, 0.29) is 11.8 Å². The van der Waals surface area contributed by atoms with Gasteiger partial charge in [0.2, 0.25) is 0 Å². The van der Waals surface area contributed by atoms with Gasteiger partial charge in [-0.1, -0.05) is 0 Å². The zero-order valence-corrected chi connectivity index (χ0v) is 31.7. The maximum Gasteiger partial charge on any atom is 0.0992 e. The molecule has 0 spiro atoms. The molecule has 2 saturated carbocycles. The van der Waals surface area contributed by atoms with E-state index in [0.717, 1.165) is 85.4 Å². The molecule has 4 aliphatic rings. The van der Waals surface area contributed by atoms with Gasteiger partial charge in [-0.3, -0.25) is 0 Å². The van der Waals surface area contributed by atoms with Gasteiger partial charge in [-0.15, -0.1) is 0 Å². The second-order valence-corrected chi connectivity index (χ2v) is 16.1. The number of aliphatic hydroxyl groups is 2. The minimum Gasteiger partial charge on any atom is -0.388 e. The Morgan fingerprint density at radius 1 is 0.536 bits per heavy atom. The first-order valence-electron chi connectivity index (χ1n) is 20.2. The number of pyridine rings is 2. The molecule has 0 amide bonds. The molecule has 10 rings (SSSR count). The molecule has 284 valence electrons. The molecule has 0 radical (unpaired) electrons. The molecule has 10 heteroatoms. The third kappa shape index (κ3) is 7.23. The zero-order valence-electron chi connectivity index (χ0n) is 31.7. The summed E-state index contributed by atoms with van der Waals surface area (Å²) in [6.45, 7) is 3.70. The summed E-state index contributed by atoms with van der Waals surface area (Å²) in [6.07, 6.45) is 19.4. The van der Waals surface area contributed by atoms with Crippen molar-refractivity contribution in [3.8, 4) is 12.1 Å². The van der Waals surface area contributed by atoms with Crippen molar-refractivity contribution in [3.05, 3.63) is 131 Å². The summed E-state index contributed by atoms with van der Waals surface area (Å²) in [5, 5.41) is 40.6. The molecule has 6 aromatic rings. The molecule has 2 aromatic carbocycles. The minimum absolute atomic E-state index is 0.258. The number of aliphatic hydroxyl groups excluding tert-OH is 2. The van der Waals surface area contributed by atoms with Crippen molar-refractivity contribution >= 4 is 22.4 Å². The molecule has 0 bridgehead atoms. The van der Waals surface area contributed by atoms with Gasteiger partial charge in [-0.2, -0.15) is 10.5 Å². The third-order valence-corrected chi connectivity index (χ3v) is 12.7. The van der Waals surface area contributed by atoms with Gasteiger partial charge < -0.3 is 28.8 Å².